The van der Waals surface area contributed by atoms with Gasteiger partial charge in [0.1, 0.15) is 5.75 Å². The fourth-order valence-corrected chi connectivity index (χ4v) is 3.43. The molecule has 0 aromatic heterocycles. The van der Waals surface area contributed by atoms with E-state index in [1.165, 1.54) is 0 Å². The first kappa shape index (κ1) is 15.8. The van der Waals surface area contributed by atoms with Crippen molar-refractivity contribution in [2.24, 2.45) is 5.92 Å². The predicted octanol–water partition coefficient (Wildman–Crippen LogP) is 3.30. The maximum absolute atomic E-state index is 10.6. The minimum Gasteiger partial charge on any atom is -0.496 e. The number of benzene rings is 1. The molecule has 4 heteroatoms. The van der Waals surface area contributed by atoms with E-state index in [0.717, 1.165) is 28.6 Å². The van der Waals surface area contributed by atoms with Crippen LogP contribution in [-0.2, 0) is 6.42 Å². The number of methoxy groups -OCH3 is 1. The van der Waals surface area contributed by atoms with Crippen LogP contribution in [0.4, 0.5) is 0 Å². The van der Waals surface area contributed by atoms with Crippen molar-refractivity contribution in [1.29, 1.82) is 0 Å². The summed E-state index contributed by atoms with van der Waals surface area (Å²) in [5.41, 5.74) is 0.0658. The van der Waals surface area contributed by atoms with E-state index in [0.29, 0.717) is 25.2 Å². The first-order valence-electron chi connectivity index (χ1n) is 7.17. The molecular formula is C16H23BrO3. The summed E-state index contributed by atoms with van der Waals surface area (Å²) < 4.78 is 6.06. The lowest BCUT2D eigenvalue weighted by atomic mass is 9.75. The summed E-state index contributed by atoms with van der Waals surface area (Å²) in [6.45, 7) is 2.20. The van der Waals surface area contributed by atoms with Crippen molar-refractivity contribution in [3.05, 3.63) is 28.2 Å². The first-order chi connectivity index (χ1) is 9.44. The second-order valence-electron chi connectivity index (χ2n) is 5.97. The summed E-state index contributed by atoms with van der Waals surface area (Å²) in [4.78, 5) is 0. The molecule has 1 aromatic carbocycles. The number of ether oxygens (including phenoxy) is 1. The summed E-state index contributed by atoms with van der Waals surface area (Å²) in [6, 6.07) is 5.75. The second kappa shape index (κ2) is 6.46. The molecule has 0 amide bonds. The summed E-state index contributed by atoms with van der Waals surface area (Å²) in [5.74, 6) is 1.42. The highest BCUT2D eigenvalue weighted by Crippen LogP contribution is 2.35. The molecule has 0 bridgehead atoms. The van der Waals surface area contributed by atoms with Crippen LogP contribution in [0.25, 0.3) is 0 Å². The fraction of sp³-hybridized carbons (Fsp3) is 0.625. The standard InChI is InChI=1S/C16H23BrO3/c1-11-5-7-16(19,8-6-11)15(18)10-12-3-4-14(20-2)13(17)9-12/h3-4,9,11,15,18-19H,5-8,10H2,1-2H3. The largest absolute Gasteiger partial charge is 0.496 e. The smallest absolute Gasteiger partial charge is 0.133 e. The summed E-state index contributed by atoms with van der Waals surface area (Å²) in [7, 11) is 1.63. The topological polar surface area (TPSA) is 49.7 Å². The van der Waals surface area contributed by atoms with Gasteiger partial charge in [0.2, 0.25) is 0 Å². The van der Waals surface area contributed by atoms with Gasteiger partial charge in [0.25, 0.3) is 0 Å². The van der Waals surface area contributed by atoms with Crippen LogP contribution in [0.3, 0.4) is 0 Å². The van der Waals surface area contributed by atoms with Gasteiger partial charge in [0, 0.05) is 6.42 Å². The van der Waals surface area contributed by atoms with Crippen LogP contribution in [0.1, 0.15) is 38.2 Å². The zero-order valence-electron chi connectivity index (χ0n) is 12.1. The van der Waals surface area contributed by atoms with E-state index in [1.807, 2.05) is 18.2 Å². The van der Waals surface area contributed by atoms with Crippen LogP contribution in [0, 0.1) is 5.92 Å². The molecule has 0 spiro atoms. The molecule has 0 saturated heterocycles. The van der Waals surface area contributed by atoms with Crippen molar-refractivity contribution in [2.45, 2.75) is 50.7 Å². The molecular weight excluding hydrogens is 320 g/mol. The molecule has 1 aliphatic carbocycles. The number of halogens is 1. The van der Waals surface area contributed by atoms with E-state index in [4.69, 9.17) is 4.74 Å². The number of aliphatic hydroxyl groups is 2. The van der Waals surface area contributed by atoms with Gasteiger partial charge in [-0.25, -0.2) is 0 Å². The third-order valence-electron chi connectivity index (χ3n) is 4.41. The SMILES string of the molecule is COc1ccc(CC(O)C2(O)CCC(C)CC2)cc1Br. The maximum Gasteiger partial charge on any atom is 0.133 e. The molecule has 1 aliphatic rings. The van der Waals surface area contributed by atoms with Crippen molar-refractivity contribution >= 4 is 15.9 Å². The van der Waals surface area contributed by atoms with Gasteiger partial charge in [-0.3, -0.25) is 0 Å². The Balaban J connectivity index is 2.03. The van der Waals surface area contributed by atoms with E-state index < -0.39 is 11.7 Å². The molecule has 0 heterocycles. The van der Waals surface area contributed by atoms with Gasteiger partial charge in [-0.05, 0) is 65.2 Å². The van der Waals surface area contributed by atoms with E-state index in [9.17, 15) is 10.2 Å². The van der Waals surface area contributed by atoms with Crippen LogP contribution in [-0.4, -0.2) is 29.0 Å². The van der Waals surface area contributed by atoms with Gasteiger partial charge in [0.15, 0.2) is 0 Å². The zero-order chi connectivity index (χ0) is 14.8. The number of aliphatic hydroxyl groups excluding tert-OH is 1. The Bertz CT molecular complexity index is 453. The molecule has 0 radical (unpaired) electrons. The van der Waals surface area contributed by atoms with Gasteiger partial charge in [-0.15, -0.1) is 0 Å². The third kappa shape index (κ3) is 3.54. The molecule has 1 aromatic rings. The number of hydrogen-bond acceptors (Lipinski definition) is 3. The van der Waals surface area contributed by atoms with Crippen LogP contribution in [0.5, 0.6) is 5.75 Å². The van der Waals surface area contributed by atoms with Crippen molar-refractivity contribution in [3.63, 3.8) is 0 Å². The lowest BCUT2D eigenvalue weighted by Gasteiger charge is -2.38. The minimum absolute atomic E-state index is 0.466. The Labute approximate surface area is 129 Å². The Morgan fingerprint density at radius 2 is 2.05 bits per heavy atom. The molecule has 2 rings (SSSR count). The molecule has 0 aliphatic heterocycles. The molecule has 112 valence electrons. The zero-order valence-corrected chi connectivity index (χ0v) is 13.7. The highest BCUT2D eigenvalue weighted by molar-refractivity contribution is 9.10. The molecule has 1 fully saturated rings. The Morgan fingerprint density at radius 3 is 2.60 bits per heavy atom. The van der Waals surface area contributed by atoms with Gasteiger partial charge in [-0.1, -0.05) is 13.0 Å². The average Bonchev–Trinajstić information content (AvgIpc) is 2.42. The van der Waals surface area contributed by atoms with E-state index in [-0.39, 0.29) is 0 Å². The van der Waals surface area contributed by atoms with E-state index in [2.05, 4.69) is 22.9 Å². The molecule has 1 saturated carbocycles. The average molecular weight is 343 g/mol. The monoisotopic (exact) mass is 342 g/mol. The first-order valence-corrected chi connectivity index (χ1v) is 7.97. The lowest BCUT2D eigenvalue weighted by Crippen LogP contribution is -2.46. The van der Waals surface area contributed by atoms with Gasteiger partial charge >= 0.3 is 0 Å². The normalized spacial score (nSPS) is 28.1. The molecule has 3 nitrogen and oxygen atoms in total. The summed E-state index contributed by atoms with van der Waals surface area (Å²) in [6.07, 6.45) is 3.10. The Morgan fingerprint density at radius 1 is 1.40 bits per heavy atom. The Kier molecular flexibility index (Phi) is 5.10. The Hall–Kier alpha value is -0.580. The van der Waals surface area contributed by atoms with Gasteiger partial charge in [-0.2, -0.15) is 0 Å². The quantitative estimate of drug-likeness (QED) is 0.882. The van der Waals surface area contributed by atoms with Crippen LogP contribution < -0.4 is 4.74 Å². The summed E-state index contributed by atoms with van der Waals surface area (Å²) >= 11 is 3.45. The van der Waals surface area contributed by atoms with Crippen molar-refractivity contribution in [1.82, 2.24) is 0 Å². The van der Waals surface area contributed by atoms with E-state index in [1.54, 1.807) is 7.11 Å². The highest BCUT2D eigenvalue weighted by atomic mass is 79.9. The molecule has 1 atom stereocenters. The van der Waals surface area contributed by atoms with Crippen LogP contribution >= 0.6 is 15.9 Å². The fourth-order valence-electron chi connectivity index (χ4n) is 2.85. The van der Waals surface area contributed by atoms with Gasteiger partial charge in [0.05, 0.1) is 23.3 Å². The molecule has 1 unspecified atom stereocenters. The van der Waals surface area contributed by atoms with Crippen LogP contribution in [0.15, 0.2) is 22.7 Å². The van der Waals surface area contributed by atoms with Gasteiger partial charge < -0.3 is 14.9 Å². The second-order valence-corrected chi connectivity index (χ2v) is 6.83. The number of rotatable bonds is 4. The number of hydrogen-bond donors (Lipinski definition) is 2. The van der Waals surface area contributed by atoms with Crippen molar-refractivity contribution in [3.8, 4) is 5.75 Å². The van der Waals surface area contributed by atoms with Crippen LogP contribution in [0.2, 0.25) is 0 Å². The maximum atomic E-state index is 10.6. The highest BCUT2D eigenvalue weighted by Gasteiger charge is 2.38. The predicted molar refractivity (Wildman–Crippen MR) is 83.0 cm³/mol. The molecule has 2 N–H and O–H groups in total. The third-order valence-corrected chi connectivity index (χ3v) is 5.03. The lowest BCUT2D eigenvalue weighted by molar-refractivity contribution is -0.102. The van der Waals surface area contributed by atoms with Crippen molar-refractivity contribution < 1.29 is 14.9 Å². The molecule has 20 heavy (non-hydrogen) atoms. The van der Waals surface area contributed by atoms with E-state index >= 15 is 0 Å². The van der Waals surface area contributed by atoms with Crippen molar-refractivity contribution in [2.75, 3.05) is 7.11 Å². The minimum atomic E-state index is -0.932. The summed E-state index contributed by atoms with van der Waals surface area (Å²) in [5, 5.41) is 21.0.